The minimum absolute atomic E-state index is 0.303. The highest BCUT2D eigenvalue weighted by Gasteiger charge is 2.47. The summed E-state index contributed by atoms with van der Waals surface area (Å²) in [6, 6.07) is 1.30. The van der Waals surface area contributed by atoms with Crippen LogP contribution in [0, 0.1) is 5.41 Å². The van der Waals surface area contributed by atoms with Crippen LogP contribution in [-0.4, -0.2) is 54.1 Å². The molecular formula is C18H35N3. The van der Waals surface area contributed by atoms with Crippen molar-refractivity contribution in [2.45, 2.75) is 82.8 Å². The molecule has 3 rings (SSSR count). The number of nitrogens with zero attached hydrogens (tertiary/aromatic N) is 2. The third-order valence-corrected chi connectivity index (χ3v) is 7.32. The third-order valence-electron chi connectivity index (χ3n) is 7.32. The van der Waals surface area contributed by atoms with Crippen LogP contribution in [0.4, 0.5) is 0 Å². The van der Waals surface area contributed by atoms with Gasteiger partial charge in [0.2, 0.25) is 0 Å². The summed E-state index contributed by atoms with van der Waals surface area (Å²) in [5.74, 6) is 0. The van der Waals surface area contributed by atoms with E-state index in [9.17, 15) is 0 Å². The molecule has 1 saturated heterocycles. The van der Waals surface area contributed by atoms with E-state index in [4.69, 9.17) is 5.73 Å². The fourth-order valence-electron chi connectivity index (χ4n) is 5.31. The highest BCUT2D eigenvalue weighted by Crippen LogP contribution is 2.52. The average Bonchev–Trinajstić information content (AvgIpc) is 2.94. The van der Waals surface area contributed by atoms with Gasteiger partial charge in [0.1, 0.15) is 0 Å². The molecule has 0 radical (unpaired) electrons. The first-order valence-electron chi connectivity index (χ1n) is 9.17. The van der Waals surface area contributed by atoms with Crippen LogP contribution in [0.3, 0.4) is 0 Å². The quantitative estimate of drug-likeness (QED) is 0.850. The van der Waals surface area contributed by atoms with Crippen molar-refractivity contribution in [3.63, 3.8) is 0 Å². The molecule has 3 nitrogen and oxygen atoms in total. The molecule has 2 N–H and O–H groups in total. The molecule has 3 heteroatoms. The van der Waals surface area contributed by atoms with E-state index in [1.807, 2.05) is 0 Å². The molecule has 2 atom stereocenters. The van der Waals surface area contributed by atoms with Crippen molar-refractivity contribution in [2.24, 2.45) is 11.1 Å². The molecule has 2 unspecified atom stereocenters. The van der Waals surface area contributed by atoms with Gasteiger partial charge in [0.15, 0.2) is 0 Å². The Kier molecular flexibility index (Phi) is 4.37. The lowest BCUT2D eigenvalue weighted by molar-refractivity contribution is -0.0442. The topological polar surface area (TPSA) is 32.5 Å². The number of hydrogen-bond acceptors (Lipinski definition) is 3. The SMILES string of the molecule is CC1CN(C2(CN)CCC3(CCCC3)CC2)CC(C)N1C. The molecule has 0 bridgehead atoms. The molecule has 0 aromatic rings. The Balaban J connectivity index is 1.70. The van der Waals surface area contributed by atoms with Gasteiger partial charge in [0, 0.05) is 37.3 Å². The molecule has 3 aliphatic rings. The first-order valence-corrected chi connectivity index (χ1v) is 9.17. The van der Waals surface area contributed by atoms with Gasteiger partial charge in [-0.3, -0.25) is 9.80 Å². The van der Waals surface area contributed by atoms with Gasteiger partial charge in [-0.05, 0) is 64.8 Å². The Morgan fingerprint density at radius 2 is 1.43 bits per heavy atom. The number of piperazine rings is 1. The zero-order valence-corrected chi connectivity index (χ0v) is 14.4. The van der Waals surface area contributed by atoms with Crippen molar-refractivity contribution >= 4 is 0 Å². The second kappa shape index (κ2) is 5.82. The van der Waals surface area contributed by atoms with E-state index in [-0.39, 0.29) is 0 Å². The summed E-state index contributed by atoms with van der Waals surface area (Å²) in [6.07, 6.45) is 11.5. The van der Waals surface area contributed by atoms with Gasteiger partial charge in [0.25, 0.3) is 0 Å². The van der Waals surface area contributed by atoms with Crippen molar-refractivity contribution in [1.82, 2.24) is 9.80 Å². The van der Waals surface area contributed by atoms with E-state index in [1.165, 1.54) is 64.5 Å². The lowest BCUT2D eigenvalue weighted by atomic mass is 9.65. The normalized spacial score (nSPS) is 37.1. The molecule has 122 valence electrons. The highest BCUT2D eigenvalue weighted by atomic mass is 15.3. The van der Waals surface area contributed by atoms with Crippen LogP contribution in [0.15, 0.2) is 0 Å². The van der Waals surface area contributed by atoms with Crippen molar-refractivity contribution in [1.29, 1.82) is 0 Å². The highest BCUT2D eigenvalue weighted by molar-refractivity contribution is 5.03. The van der Waals surface area contributed by atoms with E-state index in [1.54, 1.807) is 0 Å². The Hall–Kier alpha value is -0.120. The zero-order chi connectivity index (χ0) is 15.1. The van der Waals surface area contributed by atoms with Gasteiger partial charge in [-0.1, -0.05) is 12.8 Å². The van der Waals surface area contributed by atoms with Crippen LogP contribution in [0.25, 0.3) is 0 Å². The van der Waals surface area contributed by atoms with Crippen LogP contribution in [0.5, 0.6) is 0 Å². The van der Waals surface area contributed by atoms with Crippen molar-refractivity contribution in [3.05, 3.63) is 0 Å². The summed E-state index contributed by atoms with van der Waals surface area (Å²) in [7, 11) is 2.27. The standard InChI is InChI=1S/C18H35N3/c1-15-12-21(13-16(2)20(15)3)18(14-19)10-8-17(9-11-18)6-4-5-7-17/h15-16H,4-14,19H2,1-3H3. The molecule has 1 heterocycles. The van der Waals surface area contributed by atoms with Crippen LogP contribution in [0.1, 0.15) is 65.2 Å². The maximum Gasteiger partial charge on any atom is 0.0333 e. The van der Waals surface area contributed by atoms with E-state index < -0.39 is 0 Å². The van der Waals surface area contributed by atoms with Gasteiger partial charge in [-0.2, -0.15) is 0 Å². The predicted molar refractivity (Wildman–Crippen MR) is 89.4 cm³/mol. The molecule has 1 aliphatic heterocycles. The van der Waals surface area contributed by atoms with Gasteiger partial charge in [0.05, 0.1) is 0 Å². The van der Waals surface area contributed by atoms with Crippen LogP contribution in [-0.2, 0) is 0 Å². The summed E-state index contributed by atoms with van der Waals surface area (Å²) in [6.45, 7) is 7.99. The monoisotopic (exact) mass is 293 g/mol. The van der Waals surface area contributed by atoms with Crippen LogP contribution >= 0.6 is 0 Å². The molecular weight excluding hydrogens is 258 g/mol. The molecule has 0 amide bonds. The molecule has 0 aromatic carbocycles. The molecule has 2 saturated carbocycles. The van der Waals surface area contributed by atoms with Gasteiger partial charge >= 0.3 is 0 Å². The maximum absolute atomic E-state index is 6.33. The largest absolute Gasteiger partial charge is 0.329 e. The Morgan fingerprint density at radius 3 is 1.90 bits per heavy atom. The fraction of sp³-hybridized carbons (Fsp3) is 1.00. The Bertz CT molecular complexity index is 339. The van der Waals surface area contributed by atoms with Crippen molar-refractivity contribution in [3.8, 4) is 0 Å². The average molecular weight is 293 g/mol. The summed E-state index contributed by atoms with van der Waals surface area (Å²) in [5.41, 5.74) is 7.34. The lowest BCUT2D eigenvalue weighted by Crippen LogP contribution is -2.65. The molecule has 21 heavy (non-hydrogen) atoms. The predicted octanol–water partition coefficient (Wildman–Crippen LogP) is 2.84. The van der Waals surface area contributed by atoms with E-state index >= 15 is 0 Å². The van der Waals surface area contributed by atoms with Gasteiger partial charge in [-0.25, -0.2) is 0 Å². The first kappa shape index (κ1) is 15.8. The summed E-state index contributed by atoms with van der Waals surface area (Å²) >= 11 is 0. The van der Waals surface area contributed by atoms with E-state index in [2.05, 4.69) is 30.7 Å². The zero-order valence-electron chi connectivity index (χ0n) is 14.4. The maximum atomic E-state index is 6.33. The first-order chi connectivity index (χ1) is 10.0. The molecule has 0 aromatic heterocycles. The smallest absolute Gasteiger partial charge is 0.0333 e. The van der Waals surface area contributed by atoms with Crippen LogP contribution in [0.2, 0.25) is 0 Å². The number of hydrogen-bond donors (Lipinski definition) is 1. The van der Waals surface area contributed by atoms with E-state index in [0.29, 0.717) is 23.0 Å². The summed E-state index contributed by atoms with van der Waals surface area (Å²) in [4.78, 5) is 5.30. The summed E-state index contributed by atoms with van der Waals surface area (Å²) < 4.78 is 0. The Morgan fingerprint density at radius 1 is 0.905 bits per heavy atom. The van der Waals surface area contributed by atoms with Gasteiger partial charge in [-0.15, -0.1) is 0 Å². The second-order valence-electron chi connectivity index (χ2n) is 8.40. The summed E-state index contributed by atoms with van der Waals surface area (Å²) in [5, 5.41) is 0. The minimum Gasteiger partial charge on any atom is -0.329 e. The van der Waals surface area contributed by atoms with Crippen molar-refractivity contribution in [2.75, 3.05) is 26.7 Å². The minimum atomic E-state index is 0.303. The molecule has 1 spiro atoms. The number of likely N-dealkylation sites (N-methyl/N-ethyl adjacent to an activating group) is 1. The molecule has 2 aliphatic carbocycles. The Labute approximate surface area is 131 Å². The van der Waals surface area contributed by atoms with E-state index in [0.717, 1.165) is 6.54 Å². The van der Waals surface area contributed by atoms with Crippen molar-refractivity contribution < 1.29 is 0 Å². The fourth-order valence-corrected chi connectivity index (χ4v) is 5.31. The van der Waals surface area contributed by atoms with Crippen LogP contribution < -0.4 is 5.73 Å². The molecule has 3 fully saturated rings. The number of rotatable bonds is 2. The lowest BCUT2D eigenvalue weighted by Gasteiger charge is -2.55. The van der Waals surface area contributed by atoms with Gasteiger partial charge < -0.3 is 5.73 Å². The third kappa shape index (κ3) is 2.77. The second-order valence-corrected chi connectivity index (χ2v) is 8.40. The number of nitrogens with two attached hydrogens (primary N) is 1.